The molecular weight excluding hydrogens is 306 g/mol. The highest BCUT2D eigenvalue weighted by Gasteiger charge is 2.24. The first-order valence-corrected chi connectivity index (χ1v) is 9.27. The highest BCUT2D eigenvalue weighted by atomic mass is 16.6. The van der Waals surface area contributed by atoms with Gasteiger partial charge in [0.15, 0.2) is 5.96 Å². The Morgan fingerprint density at radius 1 is 1.17 bits per heavy atom. The van der Waals surface area contributed by atoms with Gasteiger partial charge in [-0.1, -0.05) is 6.42 Å². The summed E-state index contributed by atoms with van der Waals surface area (Å²) in [6.07, 6.45) is 3.77. The minimum Gasteiger partial charge on any atom is -0.450 e. The molecule has 1 atom stereocenters. The molecule has 24 heavy (non-hydrogen) atoms. The maximum Gasteiger partial charge on any atom is 0.409 e. The summed E-state index contributed by atoms with van der Waals surface area (Å²) in [5, 5.41) is 3.48. The van der Waals surface area contributed by atoms with Crippen LogP contribution < -0.4 is 5.32 Å². The fourth-order valence-electron chi connectivity index (χ4n) is 3.45. The predicted octanol–water partition coefficient (Wildman–Crippen LogP) is 1.21. The summed E-state index contributed by atoms with van der Waals surface area (Å²) >= 11 is 0. The number of piperazine rings is 1. The lowest BCUT2D eigenvalue weighted by Gasteiger charge is -2.37. The van der Waals surface area contributed by atoms with Gasteiger partial charge in [-0.3, -0.25) is 9.89 Å². The number of nitrogens with zero attached hydrogens (tertiary/aromatic N) is 4. The van der Waals surface area contributed by atoms with Crippen molar-refractivity contribution < 1.29 is 9.53 Å². The van der Waals surface area contributed by atoms with Crippen molar-refractivity contribution in [2.45, 2.75) is 39.2 Å². The monoisotopic (exact) mass is 339 g/mol. The summed E-state index contributed by atoms with van der Waals surface area (Å²) < 4.78 is 5.06. The van der Waals surface area contributed by atoms with Gasteiger partial charge in [-0.2, -0.15) is 0 Å². The summed E-state index contributed by atoms with van der Waals surface area (Å²) in [5.41, 5.74) is 0. The second kappa shape index (κ2) is 9.71. The molecule has 1 N–H and O–H groups in total. The molecule has 2 fully saturated rings. The lowest BCUT2D eigenvalue weighted by molar-refractivity contribution is 0.0914. The van der Waals surface area contributed by atoms with Gasteiger partial charge in [-0.25, -0.2) is 4.79 Å². The molecule has 0 aromatic carbocycles. The summed E-state index contributed by atoms with van der Waals surface area (Å²) in [5.74, 6) is 0.933. The largest absolute Gasteiger partial charge is 0.450 e. The molecule has 2 rings (SSSR count). The molecule has 2 aliphatic rings. The number of aliphatic imine (C=N–C) groups is 1. The lowest BCUT2D eigenvalue weighted by atomic mass is 10.0. The lowest BCUT2D eigenvalue weighted by Crippen LogP contribution is -2.54. The van der Waals surface area contributed by atoms with E-state index in [1.54, 1.807) is 4.90 Å². The first-order valence-electron chi connectivity index (χ1n) is 9.27. The van der Waals surface area contributed by atoms with Crippen LogP contribution in [0.5, 0.6) is 0 Å². The van der Waals surface area contributed by atoms with Gasteiger partial charge in [0.2, 0.25) is 0 Å². The number of hydrogen-bond acceptors (Lipinski definition) is 4. The van der Waals surface area contributed by atoms with Crippen LogP contribution >= 0.6 is 0 Å². The third kappa shape index (κ3) is 5.26. The van der Waals surface area contributed by atoms with Gasteiger partial charge in [0.05, 0.1) is 6.61 Å². The SMILES string of the molecule is CCOC(=O)N1CCN(C(=NC)NCCN2CCCCC2C)CC1. The summed E-state index contributed by atoms with van der Waals surface area (Å²) in [6.45, 7) is 10.7. The van der Waals surface area contributed by atoms with Crippen LogP contribution in [-0.4, -0.2) is 92.3 Å². The zero-order valence-corrected chi connectivity index (χ0v) is 15.5. The van der Waals surface area contributed by atoms with Crippen LogP contribution in [0, 0.1) is 0 Å². The molecule has 0 aliphatic carbocycles. The van der Waals surface area contributed by atoms with Crippen molar-refractivity contribution in [3.05, 3.63) is 0 Å². The highest BCUT2D eigenvalue weighted by Crippen LogP contribution is 2.15. The number of carbonyl (C=O) groups excluding carboxylic acids is 1. The number of piperidine rings is 1. The number of likely N-dealkylation sites (tertiary alicyclic amines) is 1. The number of carbonyl (C=O) groups is 1. The van der Waals surface area contributed by atoms with E-state index in [9.17, 15) is 4.79 Å². The van der Waals surface area contributed by atoms with Gasteiger partial charge in [-0.05, 0) is 33.2 Å². The molecule has 0 aromatic rings. The molecule has 2 heterocycles. The molecule has 138 valence electrons. The predicted molar refractivity (Wildman–Crippen MR) is 96.4 cm³/mol. The van der Waals surface area contributed by atoms with E-state index in [-0.39, 0.29) is 6.09 Å². The Morgan fingerprint density at radius 3 is 2.50 bits per heavy atom. The second-order valence-corrected chi connectivity index (χ2v) is 6.53. The average Bonchev–Trinajstić information content (AvgIpc) is 2.61. The van der Waals surface area contributed by atoms with Crippen LogP contribution in [0.2, 0.25) is 0 Å². The van der Waals surface area contributed by atoms with Crippen LogP contribution in [0.25, 0.3) is 0 Å². The Bertz CT molecular complexity index is 421. The van der Waals surface area contributed by atoms with E-state index in [4.69, 9.17) is 4.74 Å². The standard InChI is InChI=1S/C17H33N5O2/c1-4-24-17(23)22-13-11-21(12-14-22)16(18-3)19-8-10-20-9-6-5-7-15(20)2/h15H,4-14H2,1-3H3,(H,18,19). The van der Waals surface area contributed by atoms with Crippen molar-refractivity contribution in [2.75, 3.05) is 59.5 Å². The van der Waals surface area contributed by atoms with Crippen molar-refractivity contribution in [2.24, 2.45) is 4.99 Å². The molecule has 0 aromatic heterocycles. The Hall–Kier alpha value is -1.50. The zero-order chi connectivity index (χ0) is 17.4. The molecule has 0 saturated carbocycles. The molecule has 1 unspecified atom stereocenters. The molecular formula is C17H33N5O2. The van der Waals surface area contributed by atoms with Crippen molar-refractivity contribution in [1.29, 1.82) is 0 Å². The van der Waals surface area contributed by atoms with Gasteiger partial charge in [0.25, 0.3) is 0 Å². The number of rotatable bonds is 4. The van der Waals surface area contributed by atoms with Gasteiger partial charge < -0.3 is 19.9 Å². The van der Waals surface area contributed by atoms with E-state index >= 15 is 0 Å². The van der Waals surface area contributed by atoms with Gasteiger partial charge in [0, 0.05) is 52.4 Å². The summed E-state index contributed by atoms with van der Waals surface area (Å²) in [4.78, 5) is 22.7. The number of ether oxygens (including phenoxy) is 1. The number of guanidine groups is 1. The van der Waals surface area contributed by atoms with Crippen molar-refractivity contribution in [1.82, 2.24) is 20.0 Å². The maximum absolute atomic E-state index is 11.8. The minimum atomic E-state index is -0.209. The Labute approximate surface area is 146 Å². The van der Waals surface area contributed by atoms with Crippen molar-refractivity contribution in [3.8, 4) is 0 Å². The fourth-order valence-corrected chi connectivity index (χ4v) is 3.45. The van der Waals surface area contributed by atoms with E-state index in [1.807, 2.05) is 14.0 Å². The van der Waals surface area contributed by atoms with Crippen molar-refractivity contribution >= 4 is 12.1 Å². The molecule has 7 heteroatoms. The molecule has 2 saturated heterocycles. The Balaban J connectivity index is 1.71. The third-order valence-corrected chi connectivity index (χ3v) is 4.94. The average molecular weight is 339 g/mol. The summed E-state index contributed by atoms with van der Waals surface area (Å²) in [7, 11) is 1.82. The van der Waals surface area contributed by atoms with E-state index in [1.165, 1.54) is 25.8 Å². The maximum atomic E-state index is 11.8. The van der Waals surface area contributed by atoms with Crippen LogP contribution in [0.1, 0.15) is 33.1 Å². The number of hydrogen-bond donors (Lipinski definition) is 1. The first-order chi connectivity index (χ1) is 11.7. The number of amides is 1. The quantitative estimate of drug-likeness (QED) is 0.616. The van der Waals surface area contributed by atoms with E-state index in [0.717, 1.165) is 32.1 Å². The highest BCUT2D eigenvalue weighted by molar-refractivity contribution is 5.80. The van der Waals surface area contributed by atoms with Crippen LogP contribution in [0.15, 0.2) is 4.99 Å². The summed E-state index contributed by atoms with van der Waals surface area (Å²) in [6, 6.07) is 0.690. The normalized spacial score (nSPS) is 23.3. The second-order valence-electron chi connectivity index (χ2n) is 6.53. The minimum absolute atomic E-state index is 0.209. The van der Waals surface area contributed by atoms with Crippen LogP contribution in [0.3, 0.4) is 0 Å². The van der Waals surface area contributed by atoms with Crippen LogP contribution in [0.4, 0.5) is 4.79 Å². The zero-order valence-electron chi connectivity index (χ0n) is 15.5. The van der Waals surface area contributed by atoms with Gasteiger partial charge in [0.1, 0.15) is 0 Å². The Kier molecular flexibility index (Phi) is 7.62. The van der Waals surface area contributed by atoms with E-state index in [2.05, 4.69) is 27.0 Å². The molecule has 2 aliphatic heterocycles. The molecule has 0 spiro atoms. The van der Waals surface area contributed by atoms with Gasteiger partial charge in [-0.15, -0.1) is 0 Å². The molecule has 0 bridgehead atoms. The first kappa shape index (κ1) is 18.8. The molecule has 0 radical (unpaired) electrons. The smallest absolute Gasteiger partial charge is 0.409 e. The third-order valence-electron chi connectivity index (χ3n) is 4.94. The van der Waals surface area contributed by atoms with Crippen LogP contribution in [-0.2, 0) is 4.74 Å². The van der Waals surface area contributed by atoms with E-state index in [0.29, 0.717) is 25.7 Å². The Morgan fingerprint density at radius 2 is 1.88 bits per heavy atom. The molecule has 1 amide bonds. The van der Waals surface area contributed by atoms with Crippen molar-refractivity contribution in [3.63, 3.8) is 0 Å². The molecule has 7 nitrogen and oxygen atoms in total. The van der Waals surface area contributed by atoms with Gasteiger partial charge >= 0.3 is 6.09 Å². The number of nitrogens with one attached hydrogen (secondary N) is 1. The van der Waals surface area contributed by atoms with E-state index < -0.39 is 0 Å². The topological polar surface area (TPSA) is 60.4 Å². The fraction of sp³-hybridized carbons (Fsp3) is 0.882.